The normalized spacial score (nSPS) is 10.3. The van der Waals surface area contributed by atoms with Crippen LogP contribution in [0.4, 0.5) is 0 Å². The maximum atomic E-state index is 11.3. The van der Waals surface area contributed by atoms with Crippen molar-refractivity contribution in [3.05, 3.63) is 0 Å². The van der Waals surface area contributed by atoms with Gasteiger partial charge in [-0.05, 0) is 6.42 Å². The molecule has 0 bridgehead atoms. The van der Waals surface area contributed by atoms with Crippen molar-refractivity contribution in [3.8, 4) is 0 Å². The lowest BCUT2D eigenvalue weighted by atomic mass is 10.0. The summed E-state index contributed by atoms with van der Waals surface area (Å²) in [6, 6.07) is 0. The minimum Gasteiger partial charge on any atom is -0.294 e. The molecule has 0 atom stereocenters. The maximum absolute atomic E-state index is 11.3. The number of carbonyl (C=O) groups is 4. The van der Waals surface area contributed by atoms with E-state index in [2.05, 4.69) is 6.92 Å². The standard InChI is InChI=1S/C17H28O4/c1-2-3-4-5-6-7-8-9-10-11-12-13-15(19)17(21)16(20)14-18/h14H,2-13H2,1H3. The third-order valence-electron chi connectivity index (χ3n) is 3.59. The van der Waals surface area contributed by atoms with E-state index in [0.29, 0.717) is 6.42 Å². The smallest absolute Gasteiger partial charge is 0.271 e. The van der Waals surface area contributed by atoms with Gasteiger partial charge >= 0.3 is 0 Å². The number of hydrogen-bond donors (Lipinski definition) is 0. The molecule has 4 heteroatoms. The fourth-order valence-electron chi connectivity index (χ4n) is 2.25. The van der Waals surface area contributed by atoms with Gasteiger partial charge in [-0.25, -0.2) is 0 Å². The van der Waals surface area contributed by atoms with Crippen LogP contribution in [0.2, 0.25) is 0 Å². The molecule has 0 spiro atoms. The number of unbranched alkanes of at least 4 members (excludes halogenated alkanes) is 10. The first-order valence-electron chi connectivity index (χ1n) is 8.20. The second-order valence-corrected chi connectivity index (χ2v) is 5.52. The van der Waals surface area contributed by atoms with E-state index in [9.17, 15) is 19.2 Å². The largest absolute Gasteiger partial charge is 0.294 e. The molecule has 0 amide bonds. The van der Waals surface area contributed by atoms with E-state index in [4.69, 9.17) is 0 Å². The summed E-state index contributed by atoms with van der Waals surface area (Å²) in [5, 5.41) is 0. The summed E-state index contributed by atoms with van der Waals surface area (Å²) in [5.74, 6) is -3.14. The second kappa shape index (κ2) is 13.7. The van der Waals surface area contributed by atoms with Crippen LogP contribution in [0.1, 0.15) is 84.0 Å². The van der Waals surface area contributed by atoms with Crippen molar-refractivity contribution in [2.75, 3.05) is 0 Å². The zero-order valence-electron chi connectivity index (χ0n) is 13.2. The summed E-state index contributed by atoms with van der Waals surface area (Å²) in [4.78, 5) is 43.1. The van der Waals surface area contributed by atoms with Crippen molar-refractivity contribution in [1.82, 2.24) is 0 Å². The fourth-order valence-corrected chi connectivity index (χ4v) is 2.25. The molecular weight excluding hydrogens is 268 g/mol. The minimum absolute atomic E-state index is 0.0788. The second-order valence-electron chi connectivity index (χ2n) is 5.52. The summed E-state index contributed by atoms with van der Waals surface area (Å²) in [6.45, 7) is 2.22. The Morgan fingerprint density at radius 2 is 1.14 bits per heavy atom. The monoisotopic (exact) mass is 296 g/mol. The topological polar surface area (TPSA) is 68.3 Å². The molecule has 0 unspecified atom stereocenters. The molecule has 0 radical (unpaired) electrons. The van der Waals surface area contributed by atoms with Gasteiger partial charge in [0, 0.05) is 6.42 Å². The number of Topliss-reactive ketones (excluding diaryl/α,β-unsaturated/α-hetero) is 3. The van der Waals surface area contributed by atoms with Gasteiger partial charge in [-0.3, -0.25) is 19.2 Å². The van der Waals surface area contributed by atoms with E-state index in [1.54, 1.807) is 0 Å². The van der Waals surface area contributed by atoms with E-state index in [1.165, 1.54) is 44.9 Å². The Bertz CT molecular complexity index is 334. The molecule has 0 saturated carbocycles. The first-order chi connectivity index (χ1) is 10.1. The van der Waals surface area contributed by atoms with Gasteiger partial charge in [0.15, 0.2) is 6.29 Å². The zero-order chi connectivity index (χ0) is 15.9. The molecule has 0 aromatic rings. The molecule has 0 aromatic carbocycles. The van der Waals surface area contributed by atoms with Crippen LogP contribution in [0.25, 0.3) is 0 Å². The van der Waals surface area contributed by atoms with Gasteiger partial charge in [-0.15, -0.1) is 0 Å². The van der Waals surface area contributed by atoms with Crippen LogP contribution in [0.3, 0.4) is 0 Å². The molecule has 0 N–H and O–H groups in total. The van der Waals surface area contributed by atoms with Gasteiger partial charge in [0.25, 0.3) is 11.6 Å². The van der Waals surface area contributed by atoms with E-state index in [1.807, 2.05) is 0 Å². The predicted octanol–water partition coefficient (Wildman–Crippen LogP) is 3.59. The van der Waals surface area contributed by atoms with Crippen LogP contribution in [-0.4, -0.2) is 23.6 Å². The van der Waals surface area contributed by atoms with Crippen molar-refractivity contribution in [3.63, 3.8) is 0 Å². The maximum Gasteiger partial charge on any atom is 0.271 e. The van der Waals surface area contributed by atoms with Crippen LogP contribution >= 0.6 is 0 Å². The van der Waals surface area contributed by atoms with E-state index in [-0.39, 0.29) is 12.7 Å². The first kappa shape index (κ1) is 19.7. The lowest BCUT2D eigenvalue weighted by Gasteiger charge is -2.02. The number of ketones is 3. The summed E-state index contributed by atoms with van der Waals surface area (Å²) in [6.07, 6.45) is 12.8. The molecule has 0 aliphatic heterocycles. The molecule has 0 saturated heterocycles. The molecule has 120 valence electrons. The highest BCUT2D eigenvalue weighted by Gasteiger charge is 2.20. The molecule has 0 rings (SSSR count). The molecular formula is C17H28O4. The Morgan fingerprint density at radius 1 is 0.714 bits per heavy atom. The van der Waals surface area contributed by atoms with Crippen LogP contribution in [0.15, 0.2) is 0 Å². The van der Waals surface area contributed by atoms with E-state index >= 15 is 0 Å². The Labute approximate surface area is 127 Å². The Balaban J connectivity index is 3.36. The van der Waals surface area contributed by atoms with Gasteiger partial charge in [0.1, 0.15) is 0 Å². The summed E-state index contributed by atoms with van der Waals surface area (Å²) in [5.41, 5.74) is 0. The van der Waals surface area contributed by atoms with Gasteiger partial charge < -0.3 is 0 Å². The Hall–Kier alpha value is -1.32. The SMILES string of the molecule is CCCCCCCCCCCCCC(=O)C(=O)C(=O)C=O. The first-order valence-corrected chi connectivity index (χ1v) is 8.20. The molecule has 21 heavy (non-hydrogen) atoms. The molecule has 0 heterocycles. The Morgan fingerprint density at radius 3 is 1.57 bits per heavy atom. The number of aldehydes is 1. The van der Waals surface area contributed by atoms with Crippen molar-refractivity contribution in [2.45, 2.75) is 84.0 Å². The summed E-state index contributed by atoms with van der Waals surface area (Å²) in [7, 11) is 0. The van der Waals surface area contributed by atoms with Crippen LogP contribution in [-0.2, 0) is 19.2 Å². The third-order valence-corrected chi connectivity index (χ3v) is 3.59. The highest BCUT2D eigenvalue weighted by atomic mass is 16.2. The van der Waals surface area contributed by atoms with E-state index in [0.717, 1.165) is 19.3 Å². The average molecular weight is 296 g/mol. The summed E-state index contributed by atoms with van der Waals surface area (Å²) < 4.78 is 0. The van der Waals surface area contributed by atoms with Gasteiger partial charge in [-0.1, -0.05) is 71.1 Å². The Kier molecular flexibility index (Phi) is 12.8. The average Bonchev–Trinajstić information content (AvgIpc) is 2.50. The van der Waals surface area contributed by atoms with Crippen molar-refractivity contribution >= 4 is 23.6 Å². The van der Waals surface area contributed by atoms with Gasteiger partial charge in [0.05, 0.1) is 0 Å². The number of hydrogen-bond acceptors (Lipinski definition) is 4. The van der Waals surface area contributed by atoms with Crippen LogP contribution in [0.5, 0.6) is 0 Å². The number of rotatable bonds is 15. The minimum atomic E-state index is -1.23. The van der Waals surface area contributed by atoms with Crippen LogP contribution in [0, 0.1) is 0 Å². The van der Waals surface area contributed by atoms with Gasteiger partial charge in [0.2, 0.25) is 5.78 Å². The molecule has 0 fully saturated rings. The lowest BCUT2D eigenvalue weighted by molar-refractivity contribution is -0.145. The highest BCUT2D eigenvalue weighted by molar-refractivity contribution is 6.74. The third kappa shape index (κ3) is 11.1. The van der Waals surface area contributed by atoms with Crippen LogP contribution < -0.4 is 0 Å². The zero-order valence-corrected chi connectivity index (χ0v) is 13.2. The molecule has 0 aliphatic rings. The summed E-state index contributed by atoms with van der Waals surface area (Å²) >= 11 is 0. The highest BCUT2D eigenvalue weighted by Crippen LogP contribution is 2.12. The lowest BCUT2D eigenvalue weighted by Crippen LogP contribution is -2.24. The predicted molar refractivity (Wildman–Crippen MR) is 82.2 cm³/mol. The molecule has 4 nitrogen and oxygen atoms in total. The van der Waals surface area contributed by atoms with Crippen molar-refractivity contribution in [1.29, 1.82) is 0 Å². The van der Waals surface area contributed by atoms with Gasteiger partial charge in [-0.2, -0.15) is 0 Å². The molecule has 0 aliphatic carbocycles. The van der Waals surface area contributed by atoms with Crippen molar-refractivity contribution in [2.24, 2.45) is 0 Å². The molecule has 0 aromatic heterocycles. The van der Waals surface area contributed by atoms with Crippen molar-refractivity contribution < 1.29 is 19.2 Å². The van der Waals surface area contributed by atoms with E-state index < -0.39 is 17.3 Å². The number of carbonyl (C=O) groups excluding carboxylic acids is 4. The quantitative estimate of drug-likeness (QED) is 0.200. The fraction of sp³-hybridized carbons (Fsp3) is 0.765.